The Hall–Kier alpha value is -4.62. The quantitative estimate of drug-likeness (QED) is 0.230. The van der Waals surface area contributed by atoms with Gasteiger partial charge in [-0.3, -0.25) is 14.9 Å². The zero-order chi connectivity index (χ0) is 35.7. The lowest BCUT2D eigenvalue weighted by molar-refractivity contribution is -0.434. The zero-order valence-electron chi connectivity index (χ0n) is 29.3. The van der Waals surface area contributed by atoms with Crippen LogP contribution in [0.25, 0.3) is 0 Å². The van der Waals surface area contributed by atoms with E-state index in [4.69, 9.17) is 10.5 Å². The predicted octanol–water partition coefficient (Wildman–Crippen LogP) is 6.04. The SMILES string of the molecule is CC1CC(CC2C=C(F)C(COc3cccc4c3C[N+](=CC3CCC(=O)NC3=O)C4=O)=CC2)CCN1c1ccc(C#N)cc1CCC1(N)CCC1. The first-order chi connectivity index (χ1) is 24.6. The second kappa shape index (κ2) is 14.5. The van der Waals surface area contributed by atoms with Gasteiger partial charge < -0.3 is 15.4 Å². The summed E-state index contributed by atoms with van der Waals surface area (Å²) in [6, 6.07) is 14.0. The molecule has 2 aromatic rings. The van der Waals surface area contributed by atoms with Crippen LogP contribution >= 0.6 is 0 Å². The van der Waals surface area contributed by atoms with Gasteiger partial charge in [0.2, 0.25) is 11.8 Å². The number of amides is 3. The van der Waals surface area contributed by atoms with Crippen LogP contribution in [0, 0.1) is 29.1 Å². The molecule has 7 rings (SSSR count). The van der Waals surface area contributed by atoms with E-state index >= 15 is 4.39 Å². The Bertz CT molecular complexity index is 1870. The van der Waals surface area contributed by atoms with Crippen molar-refractivity contribution in [1.29, 1.82) is 5.26 Å². The van der Waals surface area contributed by atoms with Crippen LogP contribution in [0.15, 0.2) is 60.0 Å². The molecular formula is C41H47FN5O4+. The molecular weight excluding hydrogens is 645 g/mol. The van der Waals surface area contributed by atoms with Gasteiger partial charge in [0.1, 0.15) is 29.7 Å². The highest BCUT2D eigenvalue weighted by Gasteiger charge is 2.38. The lowest BCUT2D eigenvalue weighted by Crippen LogP contribution is -2.47. The van der Waals surface area contributed by atoms with Crippen molar-refractivity contribution in [3.05, 3.63) is 82.2 Å². The molecule has 51 heavy (non-hydrogen) atoms. The van der Waals surface area contributed by atoms with Crippen molar-refractivity contribution in [3.63, 3.8) is 0 Å². The summed E-state index contributed by atoms with van der Waals surface area (Å²) >= 11 is 0. The van der Waals surface area contributed by atoms with Crippen molar-refractivity contribution < 1.29 is 28.1 Å². The topological polar surface area (TPSA) is 129 Å². The Labute approximate surface area is 299 Å². The fourth-order valence-electron chi connectivity index (χ4n) is 8.54. The smallest absolute Gasteiger partial charge is 0.420 e. The van der Waals surface area contributed by atoms with E-state index in [0.717, 1.165) is 57.9 Å². The number of imide groups is 1. The van der Waals surface area contributed by atoms with Crippen molar-refractivity contribution in [1.82, 2.24) is 5.32 Å². The number of nitrogens with one attached hydrogen (secondary N) is 1. The average Bonchev–Trinajstić information content (AvgIpc) is 3.42. The maximum atomic E-state index is 15.5. The van der Waals surface area contributed by atoms with E-state index in [0.29, 0.717) is 46.4 Å². The number of benzene rings is 2. The van der Waals surface area contributed by atoms with Gasteiger partial charge in [-0.1, -0.05) is 12.1 Å². The van der Waals surface area contributed by atoms with Crippen LogP contribution in [0.3, 0.4) is 0 Å². The number of nitriles is 1. The molecule has 5 aliphatic rings. The number of ether oxygens (including phenoxy) is 1. The molecule has 3 N–H and O–H groups in total. The number of anilines is 1. The maximum absolute atomic E-state index is 15.5. The van der Waals surface area contributed by atoms with Gasteiger partial charge in [-0.15, -0.1) is 0 Å². The molecule has 2 aromatic carbocycles. The third-order valence-corrected chi connectivity index (χ3v) is 11.7. The Morgan fingerprint density at radius 2 is 2.04 bits per heavy atom. The van der Waals surface area contributed by atoms with Gasteiger partial charge in [0.25, 0.3) is 0 Å². The molecule has 1 saturated carbocycles. The first-order valence-corrected chi connectivity index (χ1v) is 18.5. The number of aryl methyl sites for hydroxylation is 1. The molecule has 0 spiro atoms. The Balaban J connectivity index is 0.930. The summed E-state index contributed by atoms with van der Waals surface area (Å²) in [4.78, 5) is 39.4. The standard InChI is InChI=1S/C41H46FN5O4/c1-26-18-28(13-17-47(26)36-10-7-29(22-43)20-30(36)12-16-41(44)14-3-15-41)19-27-6-8-32(35(42)21-27)25-51-37-5-2-4-33-34(37)24-46(40(33)50)23-31-9-11-38(48)45-39(31)49/h2,4-5,7-8,10,20-21,23,26-28,31H,3,6,9,11-19,24-25,44H2,1H3/p+1. The second-order valence-electron chi connectivity index (χ2n) is 15.3. The molecule has 9 nitrogen and oxygen atoms in total. The van der Waals surface area contributed by atoms with Crippen LogP contribution < -0.4 is 20.7 Å². The van der Waals surface area contributed by atoms with Crippen molar-refractivity contribution in [2.75, 3.05) is 18.1 Å². The second-order valence-corrected chi connectivity index (χ2v) is 15.3. The average molecular weight is 693 g/mol. The Morgan fingerprint density at radius 1 is 1.20 bits per heavy atom. The lowest BCUT2D eigenvalue weighted by Gasteiger charge is -2.42. The van der Waals surface area contributed by atoms with E-state index < -0.39 is 11.8 Å². The molecule has 2 aliphatic carbocycles. The fraction of sp³-hybridized carbons (Fsp3) is 0.488. The number of fused-ring (bicyclic) bond motifs is 1. The normalized spacial score (nSPS) is 26.5. The minimum atomic E-state index is -0.554. The molecule has 4 atom stereocenters. The Morgan fingerprint density at radius 3 is 2.76 bits per heavy atom. The van der Waals surface area contributed by atoms with E-state index in [-0.39, 0.29) is 48.7 Å². The predicted molar refractivity (Wildman–Crippen MR) is 192 cm³/mol. The number of halogens is 1. The third kappa shape index (κ3) is 7.55. The number of nitrogens with zero attached hydrogens (tertiary/aromatic N) is 3. The minimum absolute atomic E-state index is 0.0597. The van der Waals surface area contributed by atoms with Crippen molar-refractivity contribution in [2.45, 2.75) is 95.7 Å². The highest BCUT2D eigenvalue weighted by molar-refractivity contribution is 6.05. The number of carbonyl (C=O) groups excluding carboxylic acids is 3. The van der Waals surface area contributed by atoms with E-state index in [1.807, 2.05) is 18.2 Å². The molecule has 3 amide bonds. The number of hydrogen-bond donors (Lipinski definition) is 2. The van der Waals surface area contributed by atoms with Crippen LogP contribution in [-0.2, 0) is 22.6 Å². The summed E-state index contributed by atoms with van der Waals surface area (Å²) in [6.45, 7) is 3.51. The molecule has 266 valence electrons. The first kappa shape index (κ1) is 34.8. The number of carbonyl (C=O) groups is 3. The number of rotatable bonds is 10. The molecule has 4 unspecified atom stereocenters. The number of nitrogens with two attached hydrogens (primary N) is 1. The fourth-order valence-corrected chi connectivity index (χ4v) is 8.54. The molecule has 0 aromatic heterocycles. The van der Waals surface area contributed by atoms with Gasteiger partial charge in [-0.2, -0.15) is 9.84 Å². The van der Waals surface area contributed by atoms with E-state index in [2.05, 4.69) is 29.3 Å². The highest BCUT2D eigenvalue weighted by atomic mass is 19.1. The first-order valence-electron chi connectivity index (χ1n) is 18.5. The molecule has 2 saturated heterocycles. The summed E-state index contributed by atoms with van der Waals surface area (Å²) in [5, 5.41) is 11.9. The zero-order valence-corrected chi connectivity index (χ0v) is 29.3. The van der Waals surface area contributed by atoms with Gasteiger partial charge in [0, 0.05) is 35.8 Å². The third-order valence-electron chi connectivity index (χ3n) is 11.7. The molecule has 3 fully saturated rings. The van der Waals surface area contributed by atoms with E-state index in [1.165, 1.54) is 22.2 Å². The van der Waals surface area contributed by atoms with Crippen molar-refractivity contribution in [3.8, 4) is 11.8 Å². The molecule has 0 radical (unpaired) electrons. The number of allylic oxidation sites excluding steroid dienone is 2. The van der Waals surface area contributed by atoms with Crippen LogP contribution in [0.1, 0.15) is 98.2 Å². The maximum Gasteiger partial charge on any atom is 0.420 e. The van der Waals surface area contributed by atoms with Crippen LogP contribution in [0.2, 0.25) is 0 Å². The van der Waals surface area contributed by atoms with Gasteiger partial charge >= 0.3 is 5.91 Å². The van der Waals surface area contributed by atoms with Gasteiger partial charge in [0.05, 0.1) is 17.2 Å². The van der Waals surface area contributed by atoms with Gasteiger partial charge in [-0.05, 0) is 125 Å². The largest absolute Gasteiger partial charge is 0.488 e. The molecule has 3 heterocycles. The van der Waals surface area contributed by atoms with Crippen molar-refractivity contribution >= 4 is 29.6 Å². The lowest BCUT2D eigenvalue weighted by atomic mass is 9.74. The van der Waals surface area contributed by atoms with Crippen molar-refractivity contribution in [2.24, 2.45) is 23.5 Å². The van der Waals surface area contributed by atoms with Crippen LogP contribution in [0.4, 0.5) is 10.1 Å². The Kier molecular flexibility index (Phi) is 9.93. The molecule has 10 heteroatoms. The summed E-state index contributed by atoms with van der Waals surface area (Å²) in [5.74, 6) is -0.586. The van der Waals surface area contributed by atoms with Gasteiger partial charge in [-0.25, -0.2) is 9.18 Å². The number of piperidine rings is 2. The summed E-state index contributed by atoms with van der Waals surface area (Å²) in [7, 11) is 0. The molecule has 3 aliphatic heterocycles. The van der Waals surface area contributed by atoms with E-state index in [1.54, 1.807) is 30.5 Å². The minimum Gasteiger partial charge on any atom is -0.488 e. The van der Waals surface area contributed by atoms with Crippen LogP contribution in [0.5, 0.6) is 5.75 Å². The summed E-state index contributed by atoms with van der Waals surface area (Å²) in [5.41, 5.74) is 11.3. The monoisotopic (exact) mass is 692 g/mol. The highest BCUT2D eigenvalue weighted by Crippen LogP contribution is 2.39. The van der Waals surface area contributed by atoms with E-state index in [9.17, 15) is 19.6 Å². The molecule has 0 bridgehead atoms. The number of hydrogen-bond acceptors (Lipinski definition) is 7. The van der Waals surface area contributed by atoms with Gasteiger partial charge in [0.15, 0.2) is 12.8 Å². The summed E-state index contributed by atoms with van der Waals surface area (Å²) < 4.78 is 23.1. The summed E-state index contributed by atoms with van der Waals surface area (Å²) in [6.07, 6.45) is 14.8. The van der Waals surface area contributed by atoms with Crippen LogP contribution in [-0.4, -0.2) is 53.2 Å².